The summed E-state index contributed by atoms with van der Waals surface area (Å²) in [6.45, 7) is 0. The van der Waals surface area contributed by atoms with Crippen LogP contribution in [0.15, 0.2) is 191 Å². The van der Waals surface area contributed by atoms with E-state index in [-0.39, 0.29) is 0 Å². The van der Waals surface area contributed by atoms with Gasteiger partial charge in [-0.2, -0.15) is 0 Å². The van der Waals surface area contributed by atoms with E-state index in [1.807, 2.05) is 78.9 Å². The van der Waals surface area contributed by atoms with Crippen molar-refractivity contribution in [2.75, 3.05) is 0 Å². The van der Waals surface area contributed by atoms with Crippen LogP contribution in [0.4, 0.5) is 0 Å². The van der Waals surface area contributed by atoms with Gasteiger partial charge in [-0.3, -0.25) is 0 Å². The second-order valence-electron chi connectivity index (χ2n) is 14.3. The van der Waals surface area contributed by atoms with Crippen molar-refractivity contribution in [3.8, 4) is 51.0 Å². The van der Waals surface area contributed by atoms with E-state index >= 15 is 0 Å². The standard InChI is InChI=1S/C51H30N4O2/c1-3-15-31(16-4-1)49-52-50(32-17-5-2-6-18-32)54-51(53-49)39-25-14-30-44-46(39)45-35(21-13-29-43(45)56-44)36-22-11-23-37-38-24-12-28-42(48(38)57-47(36)37)55-40-26-9-7-19-33(40)34-20-8-10-27-41(34)55/h1-30H. The van der Waals surface area contributed by atoms with Gasteiger partial charge in [-0.1, -0.05) is 152 Å². The molecule has 12 rings (SSSR count). The van der Waals surface area contributed by atoms with Gasteiger partial charge in [0.1, 0.15) is 16.7 Å². The third-order valence-corrected chi connectivity index (χ3v) is 11.1. The van der Waals surface area contributed by atoms with Gasteiger partial charge in [0.2, 0.25) is 0 Å². The van der Waals surface area contributed by atoms with Crippen molar-refractivity contribution in [2.24, 2.45) is 0 Å². The number of para-hydroxylation sites is 4. The number of hydrogen-bond acceptors (Lipinski definition) is 5. The Morgan fingerprint density at radius 3 is 1.46 bits per heavy atom. The molecular formula is C51H30N4O2. The molecule has 0 bridgehead atoms. The van der Waals surface area contributed by atoms with Crippen LogP contribution in [0.1, 0.15) is 0 Å². The molecule has 0 aliphatic heterocycles. The van der Waals surface area contributed by atoms with Gasteiger partial charge in [-0.05, 0) is 35.9 Å². The highest BCUT2D eigenvalue weighted by Crippen LogP contribution is 2.45. The topological polar surface area (TPSA) is 69.9 Å². The Balaban J connectivity index is 1.11. The second-order valence-corrected chi connectivity index (χ2v) is 14.3. The maximum Gasteiger partial charge on any atom is 0.164 e. The lowest BCUT2D eigenvalue weighted by Gasteiger charge is -2.10. The van der Waals surface area contributed by atoms with Crippen molar-refractivity contribution in [1.29, 1.82) is 0 Å². The molecule has 6 heteroatoms. The molecule has 0 aliphatic carbocycles. The van der Waals surface area contributed by atoms with Gasteiger partial charge >= 0.3 is 0 Å². The monoisotopic (exact) mass is 730 g/mol. The maximum atomic E-state index is 7.09. The minimum Gasteiger partial charge on any atom is -0.456 e. The molecule has 0 aliphatic rings. The summed E-state index contributed by atoms with van der Waals surface area (Å²) in [6, 6.07) is 62.4. The number of nitrogens with zero attached hydrogens (tertiary/aromatic N) is 4. The van der Waals surface area contributed by atoms with Crippen LogP contribution in [0.5, 0.6) is 0 Å². The van der Waals surface area contributed by atoms with Gasteiger partial charge in [-0.15, -0.1) is 0 Å². The van der Waals surface area contributed by atoms with Crippen LogP contribution in [0.2, 0.25) is 0 Å². The summed E-state index contributed by atoms with van der Waals surface area (Å²) < 4.78 is 16.0. The highest BCUT2D eigenvalue weighted by Gasteiger charge is 2.23. The normalized spacial score (nSPS) is 11.9. The summed E-state index contributed by atoms with van der Waals surface area (Å²) in [5.41, 5.74) is 11.1. The maximum absolute atomic E-state index is 7.09. The van der Waals surface area contributed by atoms with Crippen LogP contribution in [-0.2, 0) is 0 Å². The van der Waals surface area contributed by atoms with Gasteiger partial charge in [0.05, 0.1) is 16.7 Å². The lowest BCUT2D eigenvalue weighted by atomic mass is 9.95. The van der Waals surface area contributed by atoms with Crippen LogP contribution in [0.25, 0.3) is 117 Å². The Bertz CT molecular complexity index is 3410. The molecule has 0 atom stereocenters. The van der Waals surface area contributed by atoms with E-state index in [2.05, 4.69) is 108 Å². The Hall–Kier alpha value is -7.83. The number of furan rings is 2. The Morgan fingerprint density at radius 1 is 0.333 bits per heavy atom. The molecule has 0 radical (unpaired) electrons. The van der Waals surface area contributed by atoms with Crippen LogP contribution < -0.4 is 0 Å². The van der Waals surface area contributed by atoms with Crippen molar-refractivity contribution in [2.45, 2.75) is 0 Å². The Morgan fingerprint density at radius 2 is 0.807 bits per heavy atom. The highest BCUT2D eigenvalue weighted by atomic mass is 16.3. The molecular weight excluding hydrogens is 701 g/mol. The van der Waals surface area contributed by atoms with E-state index < -0.39 is 0 Å². The molecule has 8 aromatic carbocycles. The van der Waals surface area contributed by atoms with Crippen molar-refractivity contribution >= 4 is 65.7 Å². The van der Waals surface area contributed by atoms with Gasteiger partial charge in [0.25, 0.3) is 0 Å². The molecule has 0 amide bonds. The average molecular weight is 731 g/mol. The van der Waals surface area contributed by atoms with Gasteiger partial charge in [0.15, 0.2) is 23.1 Å². The summed E-state index contributed by atoms with van der Waals surface area (Å²) >= 11 is 0. The zero-order valence-electron chi connectivity index (χ0n) is 30.4. The van der Waals surface area contributed by atoms with Crippen molar-refractivity contribution in [1.82, 2.24) is 19.5 Å². The zero-order chi connectivity index (χ0) is 37.5. The molecule has 4 aromatic heterocycles. The van der Waals surface area contributed by atoms with E-state index in [0.717, 1.165) is 88.4 Å². The third-order valence-electron chi connectivity index (χ3n) is 11.1. The van der Waals surface area contributed by atoms with Crippen molar-refractivity contribution in [3.05, 3.63) is 182 Å². The Labute approximate surface area is 325 Å². The van der Waals surface area contributed by atoms with Crippen LogP contribution in [0.3, 0.4) is 0 Å². The zero-order valence-corrected chi connectivity index (χ0v) is 30.4. The molecule has 12 aromatic rings. The molecule has 0 unspecified atom stereocenters. The average Bonchev–Trinajstić information content (AvgIpc) is 3.97. The molecule has 0 saturated heterocycles. The number of rotatable bonds is 5. The van der Waals surface area contributed by atoms with E-state index in [0.29, 0.717) is 17.5 Å². The molecule has 57 heavy (non-hydrogen) atoms. The fraction of sp³-hybridized carbons (Fsp3) is 0. The highest BCUT2D eigenvalue weighted by molar-refractivity contribution is 6.21. The first-order valence-corrected chi connectivity index (χ1v) is 19.0. The van der Waals surface area contributed by atoms with E-state index in [1.54, 1.807) is 0 Å². The smallest absolute Gasteiger partial charge is 0.164 e. The largest absolute Gasteiger partial charge is 0.456 e. The predicted molar refractivity (Wildman–Crippen MR) is 230 cm³/mol. The summed E-state index contributed by atoms with van der Waals surface area (Å²) in [7, 11) is 0. The SMILES string of the molecule is c1ccc(-c2nc(-c3ccccc3)nc(-c3cccc4oc5cccc(-c6cccc7c6oc6c(-n8c9ccccc9c9ccccc98)cccc67)c5c34)n2)cc1. The minimum absolute atomic E-state index is 0.573. The van der Waals surface area contributed by atoms with Gasteiger partial charge in [0, 0.05) is 54.6 Å². The van der Waals surface area contributed by atoms with Crippen LogP contribution in [0, 0.1) is 0 Å². The van der Waals surface area contributed by atoms with Crippen molar-refractivity contribution < 1.29 is 8.83 Å². The lowest BCUT2D eigenvalue weighted by molar-refractivity contribution is 0.667. The van der Waals surface area contributed by atoms with Gasteiger partial charge < -0.3 is 13.4 Å². The lowest BCUT2D eigenvalue weighted by Crippen LogP contribution is -2.00. The molecule has 266 valence electrons. The molecule has 0 saturated carbocycles. The molecule has 6 nitrogen and oxygen atoms in total. The molecule has 4 heterocycles. The number of benzene rings is 8. The number of hydrogen-bond donors (Lipinski definition) is 0. The fourth-order valence-corrected chi connectivity index (χ4v) is 8.58. The second kappa shape index (κ2) is 12.3. The summed E-state index contributed by atoms with van der Waals surface area (Å²) in [5, 5.41) is 6.44. The van der Waals surface area contributed by atoms with Crippen LogP contribution >= 0.6 is 0 Å². The first-order chi connectivity index (χ1) is 28.3. The number of fused-ring (bicyclic) bond motifs is 9. The first kappa shape index (κ1) is 31.5. The fourth-order valence-electron chi connectivity index (χ4n) is 8.58. The molecule has 0 N–H and O–H groups in total. The Kier molecular flexibility index (Phi) is 6.83. The third kappa shape index (κ3) is 4.81. The summed E-state index contributed by atoms with van der Waals surface area (Å²) in [4.78, 5) is 15.2. The predicted octanol–water partition coefficient (Wildman–Crippen LogP) is 13.4. The molecule has 0 spiro atoms. The van der Waals surface area contributed by atoms with Gasteiger partial charge in [-0.25, -0.2) is 15.0 Å². The van der Waals surface area contributed by atoms with E-state index in [9.17, 15) is 0 Å². The van der Waals surface area contributed by atoms with Crippen molar-refractivity contribution in [3.63, 3.8) is 0 Å². The van der Waals surface area contributed by atoms with E-state index in [4.69, 9.17) is 23.8 Å². The summed E-state index contributed by atoms with van der Waals surface area (Å²) in [5.74, 6) is 1.79. The quantitative estimate of drug-likeness (QED) is 0.176. The van der Waals surface area contributed by atoms with E-state index in [1.165, 1.54) is 10.8 Å². The number of aromatic nitrogens is 4. The first-order valence-electron chi connectivity index (χ1n) is 19.0. The van der Waals surface area contributed by atoms with Crippen LogP contribution in [-0.4, -0.2) is 19.5 Å². The molecule has 0 fully saturated rings. The summed E-state index contributed by atoms with van der Waals surface area (Å²) in [6.07, 6.45) is 0. The minimum atomic E-state index is 0.573.